The van der Waals surface area contributed by atoms with E-state index >= 15 is 0 Å². The monoisotopic (exact) mass is 580 g/mol. The Kier molecular flexibility index (Phi) is 8.91. The van der Waals surface area contributed by atoms with Crippen LogP contribution in [-0.2, 0) is 9.53 Å². The number of hydrogen-bond acceptors (Lipinski definition) is 12. The minimum Gasteiger partial charge on any atom is -0.453 e. The Bertz CT molecular complexity index is 1550. The zero-order valence-electron chi connectivity index (χ0n) is 22.6. The molecule has 0 aliphatic carbocycles. The number of fused-ring (bicyclic) bond motifs is 1. The molecule has 2 aromatic heterocycles. The number of alkyl carbamates (subject to hydrolysis) is 1. The minimum absolute atomic E-state index is 0.127. The number of imidazole rings is 1. The van der Waals surface area contributed by atoms with Crippen molar-refractivity contribution in [3.8, 4) is 12.1 Å². The Hall–Kier alpha value is -4.86. The molecule has 16 heteroatoms. The normalized spacial score (nSPS) is 17.3. The molecule has 6 N–H and O–H groups in total. The molecule has 0 spiro atoms. The van der Waals surface area contributed by atoms with Crippen molar-refractivity contribution in [1.29, 1.82) is 10.5 Å². The van der Waals surface area contributed by atoms with Gasteiger partial charge in [0.2, 0.25) is 11.9 Å². The van der Waals surface area contributed by atoms with Crippen LogP contribution in [0, 0.1) is 22.7 Å². The summed E-state index contributed by atoms with van der Waals surface area (Å²) in [6.45, 7) is 4.89. The van der Waals surface area contributed by atoms with Crippen LogP contribution >= 0.6 is 11.6 Å². The number of halogens is 1. The number of nitriles is 2. The van der Waals surface area contributed by atoms with Crippen LogP contribution in [0.15, 0.2) is 18.3 Å². The van der Waals surface area contributed by atoms with Gasteiger partial charge in [0.15, 0.2) is 17.2 Å². The third kappa shape index (κ3) is 6.32. The molecule has 2 amide bonds. The third-order valence-corrected chi connectivity index (χ3v) is 6.98. The third-order valence-electron chi connectivity index (χ3n) is 6.58. The molecule has 41 heavy (non-hydrogen) atoms. The van der Waals surface area contributed by atoms with Crippen molar-refractivity contribution in [3.63, 3.8) is 0 Å². The molecule has 1 fully saturated rings. The highest BCUT2D eigenvalue weighted by atomic mass is 35.5. The number of rotatable bonds is 9. The van der Waals surface area contributed by atoms with E-state index < -0.39 is 24.1 Å². The summed E-state index contributed by atoms with van der Waals surface area (Å²) in [7, 11) is 1.28. The number of anilines is 4. The lowest BCUT2D eigenvalue weighted by Gasteiger charge is -2.41. The summed E-state index contributed by atoms with van der Waals surface area (Å²) in [4.78, 5) is 34.4. The first-order valence-corrected chi connectivity index (χ1v) is 13.1. The van der Waals surface area contributed by atoms with Crippen LogP contribution < -0.4 is 31.9 Å². The Morgan fingerprint density at radius 1 is 1.29 bits per heavy atom. The van der Waals surface area contributed by atoms with Crippen molar-refractivity contribution in [1.82, 2.24) is 30.2 Å². The highest BCUT2D eigenvalue weighted by molar-refractivity contribution is 6.36. The fraction of sp³-hybridized carbons (Fsp3) is 0.400. The zero-order valence-corrected chi connectivity index (χ0v) is 23.4. The minimum atomic E-state index is -0.667. The van der Waals surface area contributed by atoms with Crippen molar-refractivity contribution in [2.45, 2.75) is 38.4 Å². The molecule has 15 nitrogen and oxygen atoms in total. The average Bonchev–Trinajstić information content (AvgIpc) is 3.38. The molecule has 3 aromatic rings. The molecular formula is C25H29ClN12O3. The Balaban J connectivity index is 1.69. The number of hydrogen-bond donors (Lipinski definition) is 5. The maximum Gasteiger partial charge on any atom is 0.407 e. The second-order valence-electron chi connectivity index (χ2n) is 9.27. The van der Waals surface area contributed by atoms with Crippen LogP contribution in [0.2, 0.25) is 5.02 Å². The molecule has 214 valence electrons. The van der Waals surface area contributed by atoms with E-state index in [1.807, 2.05) is 17.9 Å². The molecule has 1 unspecified atom stereocenters. The summed E-state index contributed by atoms with van der Waals surface area (Å²) in [5, 5.41) is 36.1. The van der Waals surface area contributed by atoms with E-state index in [1.54, 1.807) is 19.1 Å². The van der Waals surface area contributed by atoms with Gasteiger partial charge >= 0.3 is 6.09 Å². The Morgan fingerprint density at radius 2 is 2.07 bits per heavy atom. The van der Waals surface area contributed by atoms with Gasteiger partial charge in [-0.3, -0.25) is 10.1 Å². The van der Waals surface area contributed by atoms with Crippen molar-refractivity contribution in [2.75, 3.05) is 42.3 Å². The maximum absolute atomic E-state index is 12.0. The Morgan fingerprint density at radius 3 is 2.73 bits per heavy atom. The van der Waals surface area contributed by atoms with Crippen LogP contribution in [0.1, 0.15) is 31.5 Å². The number of piperidine rings is 1. The van der Waals surface area contributed by atoms with Crippen molar-refractivity contribution >= 4 is 52.4 Å². The first kappa shape index (κ1) is 29.1. The number of nitrogens with zero attached hydrogens (tertiary/aromatic N) is 7. The van der Waals surface area contributed by atoms with Gasteiger partial charge in [0.25, 0.3) is 0 Å². The van der Waals surface area contributed by atoms with Crippen molar-refractivity contribution < 1.29 is 14.3 Å². The number of methoxy groups -OCH3 is 1. The quantitative estimate of drug-likeness (QED) is 0.243. The van der Waals surface area contributed by atoms with Gasteiger partial charge in [0, 0.05) is 25.7 Å². The number of nitrogens with one attached hydrogen (secondary N) is 4. The molecule has 0 radical (unpaired) electrons. The highest BCUT2D eigenvalue weighted by Gasteiger charge is 2.33. The summed E-state index contributed by atoms with van der Waals surface area (Å²) in [6.07, 6.45) is 1.29. The fourth-order valence-electron chi connectivity index (χ4n) is 4.54. The van der Waals surface area contributed by atoms with Crippen molar-refractivity contribution in [2.24, 2.45) is 5.73 Å². The van der Waals surface area contributed by atoms with E-state index in [-0.39, 0.29) is 17.7 Å². The van der Waals surface area contributed by atoms with E-state index in [2.05, 4.69) is 42.4 Å². The van der Waals surface area contributed by atoms with Gasteiger partial charge in [-0.25, -0.2) is 9.78 Å². The van der Waals surface area contributed by atoms with Crippen molar-refractivity contribution in [3.05, 3.63) is 34.6 Å². The molecule has 1 saturated heterocycles. The Labute approximate surface area is 240 Å². The van der Waals surface area contributed by atoms with E-state index in [1.165, 1.54) is 17.8 Å². The number of nitrogens with two attached hydrogens (primary N) is 1. The molecule has 3 atom stereocenters. The lowest BCUT2D eigenvalue weighted by atomic mass is 9.97. The van der Waals surface area contributed by atoms with E-state index in [4.69, 9.17) is 22.1 Å². The summed E-state index contributed by atoms with van der Waals surface area (Å²) < 4.78 is 6.13. The highest BCUT2D eigenvalue weighted by Crippen LogP contribution is 2.37. The van der Waals surface area contributed by atoms with Gasteiger partial charge in [0.05, 0.1) is 53.4 Å². The topological polar surface area (TPSA) is 211 Å². The van der Waals surface area contributed by atoms with Crippen LogP contribution in [0.3, 0.4) is 0 Å². The standard InChI is InChI=1S/C25H29ClN12O3/c1-4-30-22-23-31-11-15(10-28)38(23)36-24(35-22)33-17-7-14(9-27)8-19(20(17)26)37-6-5-16(34-25(40)41-3)18(12-37)32-13(2)21(29)39/h7-8,11,13,16,18,32H,4-6,12H2,1-3H3,(H2,29,39)(H,34,40)(H2,30,33,35,36)/t13?,16-,18-/m0/s1. The lowest BCUT2D eigenvalue weighted by Crippen LogP contribution is -2.62. The van der Waals surface area contributed by atoms with Crippen LogP contribution in [0.25, 0.3) is 5.65 Å². The number of ether oxygens (including phenoxy) is 1. The predicted octanol–water partition coefficient (Wildman–Crippen LogP) is 1.46. The van der Waals surface area contributed by atoms with Crippen LogP contribution in [0.5, 0.6) is 0 Å². The lowest BCUT2D eigenvalue weighted by molar-refractivity contribution is -0.119. The number of aromatic nitrogens is 4. The first-order chi connectivity index (χ1) is 19.7. The predicted molar refractivity (Wildman–Crippen MR) is 151 cm³/mol. The van der Waals surface area contributed by atoms with E-state index in [9.17, 15) is 20.1 Å². The molecule has 1 aromatic carbocycles. The number of carbonyl (C=O) groups is 2. The van der Waals surface area contributed by atoms with E-state index in [0.29, 0.717) is 59.5 Å². The molecule has 3 heterocycles. The molecule has 0 saturated carbocycles. The van der Waals surface area contributed by atoms with Gasteiger partial charge in [0.1, 0.15) is 6.07 Å². The molecular weight excluding hydrogens is 552 g/mol. The number of amides is 2. The number of carbonyl (C=O) groups excluding carboxylic acids is 2. The molecule has 1 aliphatic rings. The van der Waals surface area contributed by atoms with Gasteiger partial charge < -0.3 is 31.3 Å². The van der Waals surface area contributed by atoms with Gasteiger partial charge in [-0.2, -0.15) is 20.0 Å². The zero-order chi connectivity index (χ0) is 29.7. The maximum atomic E-state index is 12.0. The first-order valence-electron chi connectivity index (χ1n) is 12.7. The van der Waals surface area contributed by atoms with Gasteiger partial charge in [-0.05, 0) is 32.4 Å². The van der Waals surface area contributed by atoms with Gasteiger partial charge in [-0.1, -0.05) is 11.6 Å². The van der Waals surface area contributed by atoms with Gasteiger partial charge in [-0.15, -0.1) is 5.10 Å². The summed E-state index contributed by atoms with van der Waals surface area (Å²) >= 11 is 6.88. The number of primary amides is 1. The summed E-state index contributed by atoms with van der Waals surface area (Å²) in [5.41, 5.74) is 7.32. The smallest absolute Gasteiger partial charge is 0.407 e. The summed E-state index contributed by atoms with van der Waals surface area (Å²) in [5.74, 6) is -0.0000575. The second-order valence-corrected chi connectivity index (χ2v) is 9.65. The SMILES string of the molecule is CCNc1nc(Nc2cc(C#N)cc(N3CC[C@H](NC(=O)OC)[C@@H](NC(C)C(N)=O)C3)c2Cl)nn2c(C#N)cnc12. The number of benzene rings is 1. The van der Waals surface area contributed by atoms with E-state index in [0.717, 1.165) is 0 Å². The average molecular weight is 581 g/mol. The van der Waals surface area contributed by atoms with Crippen LogP contribution in [0.4, 0.5) is 27.9 Å². The largest absolute Gasteiger partial charge is 0.453 e. The fourth-order valence-corrected chi connectivity index (χ4v) is 4.81. The molecule has 1 aliphatic heterocycles. The second kappa shape index (κ2) is 12.5. The summed E-state index contributed by atoms with van der Waals surface area (Å²) in [6, 6.07) is 6.00. The molecule has 0 bridgehead atoms. The molecule has 4 rings (SSSR count). The van der Waals surface area contributed by atoms with Crippen LogP contribution in [-0.4, -0.2) is 76.5 Å².